The van der Waals surface area contributed by atoms with Crippen LogP contribution < -0.4 is 5.32 Å². The maximum atomic E-state index is 12.0. The lowest BCUT2D eigenvalue weighted by molar-refractivity contribution is -0.116. The van der Waals surface area contributed by atoms with Crippen LogP contribution in [0.3, 0.4) is 0 Å². The average molecular weight is 302 g/mol. The summed E-state index contributed by atoms with van der Waals surface area (Å²) in [6.07, 6.45) is 0.522. The second kappa shape index (κ2) is 6.77. The molecular weight excluding hydrogens is 282 g/mol. The molecule has 2 rings (SSSR count). The van der Waals surface area contributed by atoms with Crippen LogP contribution >= 0.6 is 11.6 Å². The highest BCUT2D eigenvalue weighted by molar-refractivity contribution is 6.30. The molecule has 2 nitrogen and oxygen atoms in total. The zero-order valence-electron chi connectivity index (χ0n) is 12.6. The van der Waals surface area contributed by atoms with Crippen LogP contribution in [0.4, 0.5) is 5.69 Å². The molecule has 0 aliphatic carbocycles. The fourth-order valence-electron chi connectivity index (χ4n) is 2.21. The van der Waals surface area contributed by atoms with E-state index in [4.69, 9.17) is 11.6 Å². The number of hydrogen-bond donors (Lipinski definition) is 1. The second-order valence-electron chi connectivity index (χ2n) is 5.70. The summed E-state index contributed by atoms with van der Waals surface area (Å²) in [6.45, 7) is 6.11. The summed E-state index contributed by atoms with van der Waals surface area (Å²) in [5.41, 5.74) is 4.06. The first kappa shape index (κ1) is 15.6. The maximum Gasteiger partial charge on any atom is 0.224 e. The van der Waals surface area contributed by atoms with E-state index in [1.165, 1.54) is 0 Å². The van der Waals surface area contributed by atoms with Gasteiger partial charge in [-0.25, -0.2) is 0 Å². The van der Waals surface area contributed by atoms with E-state index >= 15 is 0 Å². The van der Waals surface area contributed by atoms with Crippen LogP contribution in [0.1, 0.15) is 25.8 Å². The minimum absolute atomic E-state index is 0.0454. The van der Waals surface area contributed by atoms with Gasteiger partial charge in [-0.05, 0) is 42.7 Å². The van der Waals surface area contributed by atoms with Gasteiger partial charge < -0.3 is 5.32 Å². The van der Waals surface area contributed by atoms with Crippen LogP contribution in [0.25, 0.3) is 11.1 Å². The molecule has 0 radical (unpaired) electrons. The molecule has 0 heterocycles. The van der Waals surface area contributed by atoms with Crippen molar-refractivity contribution in [2.75, 3.05) is 5.32 Å². The summed E-state index contributed by atoms with van der Waals surface area (Å²) in [7, 11) is 0. The van der Waals surface area contributed by atoms with Gasteiger partial charge in [-0.15, -0.1) is 0 Å². The van der Waals surface area contributed by atoms with Crippen LogP contribution in [-0.4, -0.2) is 5.91 Å². The van der Waals surface area contributed by atoms with Crippen molar-refractivity contribution in [1.82, 2.24) is 0 Å². The van der Waals surface area contributed by atoms with Crippen molar-refractivity contribution in [2.45, 2.75) is 27.2 Å². The molecular formula is C18H20ClNO. The molecule has 0 aromatic heterocycles. The first-order valence-electron chi connectivity index (χ1n) is 7.12. The normalized spacial score (nSPS) is 10.7. The van der Waals surface area contributed by atoms with Crippen LogP contribution in [0.15, 0.2) is 42.5 Å². The monoisotopic (exact) mass is 301 g/mol. The number of hydrogen-bond acceptors (Lipinski definition) is 1. The molecule has 0 aliphatic heterocycles. The van der Waals surface area contributed by atoms with Gasteiger partial charge in [0.15, 0.2) is 0 Å². The van der Waals surface area contributed by atoms with E-state index < -0.39 is 0 Å². The Bertz CT molecular complexity index is 632. The number of carbonyl (C=O) groups excluding carboxylic acids is 1. The summed E-state index contributed by atoms with van der Waals surface area (Å²) >= 11 is 5.94. The van der Waals surface area contributed by atoms with Gasteiger partial charge in [0, 0.05) is 22.7 Å². The Morgan fingerprint density at radius 2 is 1.81 bits per heavy atom. The van der Waals surface area contributed by atoms with Crippen molar-refractivity contribution in [3.8, 4) is 11.1 Å². The van der Waals surface area contributed by atoms with E-state index in [1.807, 2.05) is 57.2 Å². The van der Waals surface area contributed by atoms with Gasteiger partial charge in [0.25, 0.3) is 0 Å². The van der Waals surface area contributed by atoms with E-state index in [2.05, 4.69) is 11.4 Å². The predicted molar refractivity (Wildman–Crippen MR) is 89.7 cm³/mol. The summed E-state index contributed by atoms with van der Waals surface area (Å²) in [5, 5.41) is 3.72. The predicted octanol–water partition coefficient (Wildman–Crippen LogP) is 5.30. The fourth-order valence-corrected chi connectivity index (χ4v) is 2.33. The Hall–Kier alpha value is -1.80. The van der Waals surface area contributed by atoms with E-state index in [0.29, 0.717) is 17.4 Å². The first-order chi connectivity index (χ1) is 9.95. The zero-order chi connectivity index (χ0) is 15.4. The van der Waals surface area contributed by atoms with Crippen molar-refractivity contribution >= 4 is 23.2 Å². The Kier molecular flexibility index (Phi) is 5.03. The molecule has 0 unspecified atom stereocenters. The number of benzene rings is 2. The van der Waals surface area contributed by atoms with Crippen LogP contribution in [0, 0.1) is 12.8 Å². The van der Waals surface area contributed by atoms with Gasteiger partial charge in [0.2, 0.25) is 5.91 Å². The van der Waals surface area contributed by atoms with E-state index in [0.717, 1.165) is 22.4 Å². The minimum Gasteiger partial charge on any atom is -0.326 e. The Balaban J connectivity index is 2.33. The van der Waals surface area contributed by atoms with Crippen molar-refractivity contribution < 1.29 is 4.79 Å². The van der Waals surface area contributed by atoms with Gasteiger partial charge in [-0.1, -0.05) is 49.2 Å². The molecule has 0 bridgehead atoms. The fraction of sp³-hybridized carbons (Fsp3) is 0.278. The van der Waals surface area contributed by atoms with Crippen LogP contribution in [-0.2, 0) is 4.79 Å². The SMILES string of the molecule is Cc1ccc(NC(=O)CC(C)C)c(-c2ccc(Cl)cc2)c1. The molecule has 21 heavy (non-hydrogen) atoms. The van der Waals surface area contributed by atoms with Crippen LogP contribution in [0.5, 0.6) is 0 Å². The van der Waals surface area contributed by atoms with E-state index in [-0.39, 0.29) is 5.91 Å². The highest BCUT2D eigenvalue weighted by atomic mass is 35.5. The molecule has 0 fully saturated rings. The number of halogens is 1. The molecule has 0 saturated heterocycles. The van der Waals surface area contributed by atoms with Gasteiger partial charge >= 0.3 is 0 Å². The summed E-state index contributed by atoms with van der Waals surface area (Å²) in [4.78, 5) is 12.0. The molecule has 0 atom stereocenters. The Morgan fingerprint density at radius 1 is 1.14 bits per heavy atom. The number of anilines is 1. The number of rotatable bonds is 4. The Labute approximate surface area is 131 Å². The quantitative estimate of drug-likeness (QED) is 0.815. The lowest BCUT2D eigenvalue weighted by atomic mass is 10.0. The lowest BCUT2D eigenvalue weighted by Gasteiger charge is -2.13. The van der Waals surface area contributed by atoms with Crippen molar-refractivity contribution in [3.63, 3.8) is 0 Å². The number of amides is 1. The number of aryl methyl sites for hydroxylation is 1. The molecule has 3 heteroatoms. The molecule has 0 spiro atoms. The second-order valence-corrected chi connectivity index (χ2v) is 6.14. The topological polar surface area (TPSA) is 29.1 Å². The number of nitrogens with one attached hydrogen (secondary N) is 1. The number of carbonyl (C=O) groups is 1. The molecule has 1 N–H and O–H groups in total. The molecule has 2 aromatic carbocycles. The standard InChI is InChI=1S/C18H20ClNO/c1-12(2)10-18(21)20-17-9-4-13(3)11-16(17)14-5-7-15(19)8-6-14/h4-9,11-12H,10H2,1-3H3,(H,20,21). The van der Waals surface area contributed by atoms with Gasteiger partial charge in [-0.2, -0.15) is 0 Å². The average Bonchev–Trinajstić information content (AvgIpc) is 2.41. The summed E-state index contributed by atoms with van der Waals surface area (Å²) in [5.74, 6) is 0.387. The van der Waals surface area contributed by atoms with Crippen molar-refractivity contribution in [3.05, 3.63) is 53.1 Å². The zero-order valence-corrected chi connectivity index (χ0v) is 13.4. The largest absolute Gasteiger partial charge is 0.326 e. The van der Waals surface area contributed by atoms with Gasteiger partial charge in [0.1, 0.15) is 0 Å². The van der Waals surface area contributed by atoms with Crippen molar-refractivity contribution in [2.24, 2.45) is 5.92 Å². The third-order valence-electron chi connectivity index (χ3n) is 3.20. The van der Waals surface area contributed by atoms with Gasteiger partial charge in [0.05, 0.1) is 0 Å². The summed E-state index contributed by atoms with van der Waals surface area (Å²) in [6, 6.07) is 13.7. The molecule has 110 valence electrons. The third-order valence-corrected chi connectivity index (χ3v) is 3.45. The molecule has 1 amide bonds. The highest BCUT2D eigenvalue weighted by Crippen LogP contribution is 2.30. The summed E-state index contributed by atoms with van der Waals surface area (Å²) < 4.78 is 0. The molecule has 0 aliphatic rings. The third kappa shape index (κ3) is 4.33. The van der Waals surface area contributed by atoms with Crippen LogP contribution in [0.2, 0.25) is 5.02 Å². The smallest absolute Gasteiger partial charge is 0.224 e. The lowest BCUT2D eigenvalue weighted by Crippen LogP contribution is -2.14. The van der Waals surface area contributed by atoms with Gasteiger partial charge in [-0.3, -0.25) is 4.79 Å². The highest BCUT2D eigenvalue weighted by Gasteiger charge is 2.10. The van der Waals surface area contributed by atoms with E-state index in [1.54, 1.807) is 0 Å². The Morgan fingerprint density at radius 3 is 2.43 bits per heavy atom. The first-order valence-corrected chi connectivity index (χ1v) is 7.50. The van der Waals surface area contributed by atoms with Crippen molar-refractivity contribution in [1.29, 1.82) is 0 Å². The molecule has 2 aromatic rings. The van der Waals surface area contributed by atoms with E-state index in [9.17, 15) is 4.79 Å². The maximum absolute atomic E-state index is 12.0. The molecule has 0 saturated carbocycles. The minimum atomic E-state index is 0.0454.